The third-order valence-corrected chi connectivity index (χ3v) is 8.46. The molecule has 1 aromatic heterocycles. The third kappa shape index (κ3) is 8.93. The number of carbonyl (C=O) groups is 3. The molecule has 0 radical (unpaired) electrons. The highest BCUT2D eigenvalue weighted by Crippen LogP contribution is 2.30. The van der Waals surface area contributed by atoms with Gasteiger partial charge in [0.15, 0.2) is 5.13 Å². The fourth-order valence-electron chi connectivity index (χ4n) is 4.42. The average molecular weight is 649 g/mol. The predicted molar refractivity (Wildman–Crippen MR) is 186 cm³/mol. The Hall–Kier alpha value is -5.19. The lowest BCUT2D eigenvalue weighted by Crippen LogP contribution is -2.30. The van der Waals surface area contributed by atoms with Gasteiger partial charge in [0, 0.05) is 26.6 Å². The van der Waals surface area contributed by atoms with E-state index in [4.69, 9.17) is 4.74 Å². The van der Waals surface area contributed by atoms with Crippen molar-refractivity contribution in [2.24, 2.45) is 0 Å². The van der Waals surface area contributed by atoms with E-state index >= 15 is 0 Å². The second-order valence-corrected chi connectivity index (χ2v) is 12.2. The number of aromatic nitrogens is 1. The zero-order chi connectivity index (χ0) is 32.3. The zero-order valence-corrected chi connectivity index (χ0v) is 26.9. The van der Waals surface area contributed by atoms with Crippen LogP contribution in [-0.2, 0) is 9.59 Å². The lowest BCUT2D eigenvalue weighted by Gasteiger charge is -2.12. The quantitative estimate of drug-likeness (QED) is 0.0947. The molecule has 0 atom stereocenters. The van der Waals surface area contributed by atoms with Crippen molar-refractivity contribution in [3.63, 3.8) is 0 Å². The molecular formula is C36H32N4O4S2. The Balaban J connectivity index is 1.24. The Morgan fingerprint density at radius 3 is 2.30 bits per heavy atom. The molecule has 5 aromatic rings. The minimum atomic E-state index is -0.494. The van der Waals surface area contributed by atoms with Crippen molar-refractivity contribution in [1.29, 1.82) is 0 Å². The van der Waals surface area contributed by atoms with Crippen molar-refractivity contribution in [1.82, 2.24) is 10.3 Å². The van der Waals surface area contributed by atoms with Crippen molar-refractivity contribution in [2.45, 2.75) is 18.7 Å². The molecule has 232 valence electrons. The number of carbonyl (C=O) groups excluding carboxylic acids is 3. The smallest absolute Gasteiger partial charge is 0.272 e. The average Bonchev–Trinajstić information content (AvgIpc) is 3.44. The lowest BCUT2D eigenvalue weighted by atomic mass is 10.1. The summed E-state index contributed by atoms with van der Waals surface area (Å²) in [4.78, 5) is 45.6. The summed E-state index contributed by atoms with van der Waals surface area (Å²) in [5, 5.41) is 9.07. The van der Waals surface area contributed by atoms with Crippen LogP contribution < -0.4 is 20.7 Å². The zero-order valence-electron chi connectivity index (χ0n) is 25.3. The largest absolute Gasteiger partial charge is 0.494 e. The van der Waals surface area contributed by atoms with Gasteiger partial charge in [-0.1, -0.05) is 66.7 Å². The van der Waals surface area contributed by atoms with Crippen LogP contribution in [0.25, 0.3) is 17.3 Å². The van der Waals surface area contributed by atoms with Gasteiger partial charge in [-0.05, 0) is 68.0 Å². The molecule has 0 aliphatic carbocycles. The summed E-state index contributed by atoms with van der Waals surface area (Å²) < 4.78 is 5.51. The molecule has 0 spiro atoms. The van der Waals surface area contributed by atoms with Crippen LogP contribution in [-0.4, -0.2) is 35.1 Å². The fraction of sp³-hybridized carbons (Fsp3) is 0.111. The maximum Gasteiger partial charge on any atom is 0.272 e. The molecule has 1 heterocycles. The van der Waals surface area contributed by atoms with Crippen LogP contribution in [0.15, 0.2) is 120 Å². The first-order chi connectivity index (χ1) is 22.4. The lowest BCUT2D eigenvalue weighted by molar-refractivity contribution is -0.114. The first-order valence-electron chi connectivity index (χ1n) is 14.6. The predicted octanol–water partition coefficient (Wildman–Crippen LogP) is 7.66. The Morgan fingerprint density at radius 1 is 0.870 bits per heavy atom. The standard InChI is InChI=1S/C36H32N4O4S2/c1-3-44-29-19-17-25(18-20-29)21-31(38-34(42)27-13-8-5-9-14-27)35(43)37-28-15-10-16-30(22-28)45-23-32(41)39-36-40-33(24(2)46-36)26-11-6-4-7-12-26/h4-22H,3,23H2,1-2H3,(H,37,43)(H,38,42)(H,39,40,41)/b31-21+. The fourth-order valence-corrected chi connectivity index (χ4v) is 6.02. The van der Waals surface area contributed by atoms with Gasteiger partial charge in [-0.15, -0.1) is 23.1 Å². The summed E-state index contributed by atoms with van der Waals surface area (Å²) in [6.07, 6.45) is 1.61. The van der Waals surface area contributed by atoms with Crippen molar-refractivity contribution in [2.75, 3.05) is 23.0 Å². The van der Waals surface area contributed by atoms with Crippen molar-refractivity contribution < 1.29 is 19.1 Å². The summed E-state index contributed by atoms with van der Waals surface area (Å²) in [5.41, 5.74) is 3.58. The van der Waals surface area contributed by atoms with E-state index in [9.17, 15) is 14.4 Å². The van der Waals surface area contributed by atoms with E-state index in [2.05, 4.69) is 20.9 Å². The van der Waals surface area contributed by atoms with Gasteiger partial charge in [0.05, 0.1) is 18.1 Å². The first kappa shape index (κ1) is 32.2. The van der Waals surface area contributed by atoms with Gasteiger partial charge in [-0.2, -0.15) is 0 Å². The van der Waals surface area contributed by atoms with E-state index in [0.29, 0.717) is 34.3 Å². The Bertz CT molecular complexity index is 1840. The van der Waals surface area contributed by atoms with E-state index in [1.165, 1.54) is 23.1 Å². The normalized spacial score (nSPS) is 11.0. The van der Waals surface area contributed by atoms with Crippen LogP contribution in [0, 0.1) is 6.92 Å². The SMILES string of the molecule is CCOc1ccc(/C=C(/NC(=O)c2ccccc2)C(=O)Nc2cccc(SCC(=O)Nc3nc(-c4ccccc4)c(C)s3)c2)cc1. The molecule has 0 unspecified atom stereocenters. The molecule has 5 rings (SSSR count). The molecule has 10 heteroatoms. The number of nitrogens with zero attached hydrogens (tertiary/aromatic N) is 1. The number of thioether (sulfide) groups is 1. The van der Waals surface area contributed by atoms with Gasteiger partial charge in [-0.25, -0.2) is 4.98 Å². The monoisotopic (exact) mass is 648 g/mol. The van der Waals surface area contributed by atoms with Gasteiger partial charge < -0.3 is 20.7 Å². The number of aryl methyl sites for hydroxylation is 1. The number of nitrogens with one attached hydrogen (secondary N) is 3. The van der Waals surface area contributed by atoms with Crippen LogP contribution in [0.1, 0.15) is 27.7 Å². The van der Waals surface area contributed by atoms with Crippen LogP contribution in [0.2, 0.25) is 0 Å². The number of benzene rings is 4. The Labute approximate surface area is 275 Å². The van der Waals surface area contributed by atoms with E-state index in [-0.39, 0.29) is 17.4 Å². The van der Waals surface area contributed by atoms with Gasteiger partial charge in [0.25, 0.3) is 11.8 Å². The third-order valence-electron chi connectivity index (χ3n) is 6.58. The highest BCUT2D eigenvalue weighted by Gasteiger charge is 2.16. The Kier molecular flexibility index (Phi) is 11.0. The van der Waals surface area contributed by atoms with E-state index < -0.39 is 11.8 Å². The minimum Gasteiger partial charge on any atom is -0.494 e. The Morgan fingerprint density at radius 2 is 1.59 bits per heavy atom. The molecule has 0 saturated heterocycles. The van der Waals surface area contributed by atoms with E-state index in [1.807, 2.05) is 68.4 Å². The molecule has 46 heavy (non-hydrogen) atoms. The second-order valence-electron chi connectivity index (χ2n) is 9.99. The van der Waals surface area contributed by atoms with Crippen molar-refractivity contribution in [3.8, 4) is 17.0 Å². The molecule has 3 N–H and O–H groups in total. The summed E-state index contributed by atoms with van der Waals surface area (Å²) in [7, 11) is 0. The number of hydrogen-bond acceptors (Lipinski definition) is 7. The molecule has 0 bridgehead atoms. The molecule has 0 saturated carbocycles. The first-order valence-corrected chi connectivity index (χ1v) is 16.4. The topological polar surface area (TPSA) is 109 Å². The second kappa shape index (κ2) is 15.7. The number of ether oxygens (including phenoxy) is 1. The highest BCUT2D eigenvalue weighted by molar-refractivity contribution is 8.00. The van der Waals surface area contributed by atoms with Gasteiger partial charge in [0.2, 0.25) is 5.91 Å². The maximum absolute atomic E-state index is 13.5. The molecule has 8 nitrogen and oxygen atoms in total. The molecular weight excluding hydrogens is 617 g/mol. The van der Waals surface area contributed by atoms with Crippen LogP contribution in [0.3, 0.4) is 0 Å². The van der Waals surface area contributed by atoms with E-state index in [0.717, 1.165) is 21.0 Å². The van der Waals surface area contributed by atoms with E-state index in [1.54, 1.807) is 60.7 Å². The van der Waals surface area contributed by atoms with Gasteiger partial charge in [0.1, 0.15) is 11.4 Å². The van der Waals surface area contributed by atoms with Crippen LogP contribution >= 0.6 is 23.1 Å². The highest BCUT2D eigenvalue weighted by atomic mass is 32.2. The number of anilines is 2. The summed E-state index contributed by atoms with van der Waals surface area (Å²) in [6, 6.07) is 33.0. The summed E-state index contributed by atoms with van der Waals surface area (Å²) >= 11 is 2.77. The van der Waals surface area contributed by atoms with Gasteiger partial charge >= 0.3 is 0 Å². The van der Waals surface area contributed by atoms with Crippen LogP contribution in [0.4, 0.5) is 10.8 Å². The number of hydrogen-bond donors (Lipinski definition) is 3. The van der Waals surface area contributed by atoms with Gasteiger partial charge in [-0.3, -0.25) is 14.4 Å². The number of rotatable bonds is 12. The molecule has 3 amide bonds. The minimum absolute atomic E-state index is 0.0732. The summed E-state index contributed by atoms with van der Waals surface area (Å²) in [5.74, 6) is -0.217. The van der Waals surface area contributed by atoms with Crippen molar-refractivity contribution >= 4 is 57.7 Å². The number of amides is 3. The summed E-state index contributed by atoms with van der Waals surface area (Å²) in [6.45, 7) is 4.43. The molecule has 0 aliphatic heterocycles. The van der Waals surface area contributed by atoms with Crippen molar-refractivity contribution in [3.05, 3.63) is 131 Å². The maximum atomic E-state index is 13.5. The number of thiazole rings is 1. The molecule has 0 aliphatic rings. The van der Waals surface area contributed by atoms with Crippen LogP contribution in [0.5, 0.6) is 5.75 Å². The molecule has 4 aromatic carbocycles. The molecule has 0 fully saturated rings.